The highest BCUT2D eigenvalue weighted by molar-refractivity contribution is 5.78. The number of amides is 1. The first-order valence-corrected chi connectivity index (χ1v) is 4.28. The fourth-order valence-corrected chi connectivity index (χ4v) is 1.07. The van der Waals surface area contributed by atoms with Crippen molar-refractivity contribution in [2.24, 2.45) is 5.92 Å². The van der Waals surface area contributed by atoms with E-state index in [2.05, 4.69) is 19.2 Å². The van der Waals surface area contributed by atoms with Crippen LogP contribution >= 0.6 is 0 Å². The van der Waals surface area contributed by atoms with E-state index in [4.69, 9.17) is 5.26 Å². The summed E-state index contributed by atoms with van der Waals surface area (Å²) in [4.78, 5) is 11.0. The lowest BCUT2D eigenvalue weighted by molar-refractivity contribution is -0.121. The normalized spacial score (nSPS) is 12.2. The zero-order chi connectivity index (χ0) is 9.56. The van der Waals surface area contributed by atoms with E-state index in [0.717, 1.165) is 6.42 Å². The molecule has 0 aromatic heterocycles. The van der Waals surface area contributed by atoms with Crippen molar-refractivity contribution in [2.75, 3.05) is 0 Å². The lowest BCUT2D eigenvalue weighted by atomic mass is 10.0. The predicted octanol–water partition coefficient (Wildman–Crippen LogP) is 1.45. The van der Waals surface area contributed by atoms with E-state index in [9.17, 15) is 4.79 Å². The molecule has 0 saturated carbocycles. The van der Waals surface area contributed by atoms with E-state index >= 15 is 0 Å². The summed E-state index contributed by atoms with van der Waals surface area (Å²) in [5, 5.41) is 11.1. The number of nitriles is 1. The Kier molecular flexibility index (Phi) is 5.11. The molecule has 1 N–H and O–H groups in total. The van der Waals surface area contributed by atoms with Crippen LogP contribution in [0.15, 0.2) is 0 Å². The molecule has 0 aromatic rings. The third-order valence-corrected chi connectivity index (χ3v) is 1.83. The summed E-state index contributed by atoms with van der Waals surface area (Å²) < 4.78 is 0. The molecule has 0 aliphatic heterocycles. The first kappa shape index (κ1) is 11.0. The van der Waals surface area contributed by atoms with Gasteiger partial charge in [0.15, 0.2) is 0 Å². The van der Waals surface area contributed by atoms with Gasteiger partial charge >= 0.3 is 0 Å². The molecule has 0 fully saturated rings. The van der Waals surface area contributed by atoms with Crippen molar-refractivity contribution in [1.82, 2.24) is 5.32 Å². The van der Waals surface area contributed by atoms with Crippen molar-refractivity contribution in [3.05, 3.63) is 0 Å². The molecule has 0 radical (unpaired) electrons. The Morgan fingerprint density at radius 3 is 2.50 bits per heavy atom. The highest BCUT2D eigenvalue weighted by Crippen LogP contribution is 2.04. The Morgan fingerprint density at radius 2 is 2.17 bits per heavy atom. The second-order valence-electron chi connectivity index (χ2n) is 3.16. The molecule has 1 unspecified atom stereocenters. The standard InChI is InChI=1S/C9H16N2O/c1-4-8(7(2)3)11-9(12)5-6-10/h7-8H,4-5H2,1-3H3,(H,11,12). The van der Waals surface area contributed by atoms with E-state index < -0.39 is 0 Å². The van der Waals surface area contributed by atoms with Gasteiger partial charge < -0.3 is 5.32 Å². The molecule has 0 spiro atoms. The highest BCUT2D eigenvalue weighted by atomic mass is 16.1. The second-order valence-corrected chi connectivity index (χ2v) is 3.16. The SMILES string of the molecule is CCC(NC(=O)CC#N)C(C)C. The van der Waals surface area contributed by atoms with E-state index in [1.54, 1.807) is 0 Å². The van der Waals surface area contributed by atoms with Gasteiger partial charge in [0.1, 0.15) is 6.42 Å². The average Bonchev–Trinajstić information content (AvgIpc) is 2.00. The van der Waals surface area contributed by atoms with E-state index in [1.165, 1.54) is 0 Å². The average molecular weight is 168 g/mol. The molecule has 68 valence electrons. The van der Waals surface area contributed by atoms with Gasteiger partial charge in [-0.3, -0.25) is 4.79 Å². The number of rotatable bonds is 4. The van der Waals surface area contributed by atoms with Crippen LogP contribution in [0.25, 0.3) is 0 Å². The molecule has 12 heavy (non-hydrogen) atoms. The van der Waals surface area contributed by atoms with Crippen LogP contribution in [0, 0.1) is 17.2 Å². The third-order valence-electron chi connectivity index (χ3n) is 1.83. The summed E-state index contributed by atoms with van der Waals surface area (Å²) in [6.07, 6.45) is 0.873. The third kappa shape index (κ3) is 3.97. The molecule has 1 amide bonds. The Labute approximate surface area is 73.8 Å². The molecular formula is C9H16N2O. The highest BCUT2D eigenvalue weighted by Gasteiger charge is 2.12. The molecule has 3 heteroatoms. The van der Waals surface area contributed by atoms with Crippen molar-refractivity contribution in [2.45, 2.75) is 39.7 Å². The molecule has 0 heterocycles. The quantitative estimate of drug-likeness (QED) is 0.690. The minimum Gasteiger partial charge on any atom is -0.352 e. The van der Waals surface area contributed by atoms with Crippen molar-refractivity contribution < 1.29 is 4.79 Å². The number of carbonyl (C=O) groups excluding carboxylic acids is 1. The molecule has 0 saturated heterocycles. The second kappa shape index (κ2) is 5.59. The summed E-state index contributed by atoms with van der Waals surface area (Å²) in [5.41, 5.74) is 0. The summed E-state index contributed by atoms with van der Waals surface area (Å²) in [5.74, 6) is 0.260. The summed E-state index contributed by atoms with van der Waals surface area (Å²) >= 11 is 0. The fraction of sp³-hybridized carbons (Fsp3) is 0.778. The minimum absolute atomic E-state index is 0.0385. The van der Waals surface area contributed by atoms with Gasteiger partial charge in [0.2, 0.25) is 5.91 Å². The predicted molar refractivity (Wildman–Crippen MR) is 47.3 cm³/mol. The van der Waals surface area contributed by atoms with Crippen molar-refractivity contribution >= 4 is 5.91 Å². The molecule has 0 aliphatic rings. The molecule has 0 rings (SSSR count). The van der Waals surface area contributed by atoms with E-state index in [-0.39, 0.29) is 18.4 Å². The van der Waals surface area contributed by atoms with Crippen LogP contribution < -0.4 is 5.32 Å². The van der Waals surface area contributed by atoms with E-state index in [0.29, 0.717) is 5.92 Å². The summed E-state index contributed by atoms with van der Waals surface area (Å²) in [6.45, 7) is 6.14. The first-order valence-electron chi connectivity index (χ1n) is 4.28. The lowest BCUT2D eigenvalue weighted by Gasteiger charge is -2.19. The minimum atomic E-state index is -0.168. The number of hydrogen-bond donors (Lipinski definition) is 1. The number of nitrogens with one attached hydrogen (secondary N) is 1. The number of nitrogens with zero attached hydrogens (tertiary/aromatic N) is 1. The zero-order valence-corrected chi connectivity index (χ0v) is 7.92. The summed E-state index contributed by atoms with van der Waals surface area (Å²) in [6, 6.07) is 2.02. The molecule has 0 bridgehead atoms. The van der Waals surface area contributed by atoms with Crippen LogP contribution in [0.5, 0.6) is 0 Å². The Balaban J connectivity index is 3.87. The monoisotopic (exact) mass is 168 g/mol. The largest absolute Gasteiger partial charge is 0.352 e. The maximum absolute atomic E-state index is 11.0. The van der Waals surface area contributed by atoms with Gasteiger partial charge in [0, 0.05) is 6.04 Å². The number of hydrogen-bond acceptors (Lipinski definition) is 2. The maximum atomic E-state index is 11.0. The van der Waals surface area contributed by atoms with Crippen LogP contribution in [-0.2, 0) is 4.79 Å². The van der Waals surface area contributed by atoms with Crippen molar-refractivity contribution in [3.8, 4) is 6.07 Å². The van der Waals surface area contributed by atoms with Crippen molar-refractivity contribution in [3.63, 3.8) is 0 Å². The van der Waals surface area contributed by atoms with E-state index in [1.807, 2.05) is 13.0 Å². The molecule has 3 nitrogen and oxygen atoms in total. The summed E-state index contributed by atoms with van der Waals surface area (Å²) in [7, 11) is 0. The van der Waals surface area contributed by atoms with Crippen LogP contribution in [0.4, 0.5) is 0 Å². The van der Waals surface area contributed by atoms with Gasteiger partial charge in [-0.25, -0.2) is 0 Å². The number of carbonyl (C=O) groups is 1. The molecular weight excluding hydrogens is 152 g/mol. The lowest BCUT2D eigenvalue weighted by Crippen LogP contribution is -2.37. The maximum Gasteiger partial charge on any atom is 0.234 e. The van der Waals surface area contributed by atoms with Crippen LogP contribution in [-0.4, -0.2) is 11.9 Å². The van der Waals surface area contributed by atoms with Gasteiger partial charge in [-0.15, -0.1) is 0 Å². The first-order chi connectivity index (χ1) is 5.61. The van der Waals surface area contributed by atoms with Gasteiger partial charge in [0.25, 0.3) is 0 Å². The van der Waals surface area contributed by atoms with Crippen LogP contribution in [0.2, 0.25) is 0 Å². The van der Waals surface area contributed by atoms with Gasteiger partial charge in [-0.1, -0.05) is 20.8 Å². The Morgan fingerprint density at radius 1 is 1.58 bits per heavy atom. The van der Waals surface area contributed by atoms with Crippen LogP contribution in [0.1, 0.15) is 33.6 Å². The topological polar surface area (TPSA) is 52.9 Å². The Bertz CT molecular complexity index is 181. The van der Waals surface area contributed by atoms with Gasteiger partial charge in [-0.2, -0.15) is 5.26 Å². The molecule has 1 atom stereocenters. The van der Waals surface area contributed by atoms with Gasteiger partial charge in [0.05, 0.1) is 6.07 Å². The molecule has 0 aliphatic carbocycles. The molecule has 0 aromatic carbocycles. The smallest absolute Gasteiger partial charge is 0.234 e. The van der Waals surface area contributed by atoms with Crippen LogP contribution in [0.3, 0.4) is 0 Å². The Hall–Kier alpha value is -1.04. The zero-order valence-electron chi connectivity index (χ0n) is 7.92. The van der Waals surface area contributed by atoms with Gasteiger partial charge in [-0.05, 0) is 12.3 Å². The fourth-order valence-electron chi connectivity index (χ4n) is 1.07. The van der Waals surface area contributed by atoms with Crippen molar-refractivity contribution in [1.29, 1.82) is 5.26 Å².